The van der Waals surface area contributed by atoms with Crippen molar-refractivity contribution in [2.75, 3.05) is 0 Å². The van der Waals surface area contributed by atoms with Crippen molar-refractivity contribution in [3.63, 3.8) is 0 Å². The Morgan fingerprint density at radius 1 is 0.694 bits per heavy atom. The molecule has 0 radical (unpaired) electrons. The smallest absolute Gasteiger partial charge is 0.144 e. The van der Waals surface area contributed by atoms with E-state index in [2.05, 4.69) is 83.8 Å². The second-order valence-corrected chi connectivity index (χ2v) is 8.98. The van der Waals surface area contributed by atoms with Crippen molar-refractivity contribution in [1.29, 1.82) is 0 Å². The molecule has 36 heavy (non-hydrogen) atoms. The van der Waals surface area contributed by atoms with E-state index >= 15 is 0 Å². The zero-order valence-corrected chi connectivity index (χ0v) is 20.0. The molecule has 6 aromatic rings. The molecule has 0 atom stereocenters. The molecular weight excluding hydrogens is 442 g/mol. The van der Waals surface area contributed by atoms with Crippen LogP contribution < -0.4 is 0 Å². The lowest BCUT2D eigenvalue weighted by Gasteiger charge is -2.08. The first-order chi connectivity index (χ1) is 17.7. The van der Waals surface area contributed by atoms with Crippen LogP contribution in [-0.4, -0.2) is 19.6 Å². The maximum absolute atomic E-state index is 10.4. The van der Waals surface area contributed by atoms with E-state index in [0.29, 0.717) is 0 Å². The van der Waals surface area contributed by atoms with Gasteiger partial charge in [-0.1, -0.05) is 72.8 Å². The van der Waals surface area contributed by atoms with E-state index in [0.717, 1.165) is 51.2 Å². The molecule has 0 aliphatic heterocycles. The number of aromatic nitrogens is 3. The second-order valence-electron chi connectivity index (χ2n) is 8.98. The Morgan fingerprint density at radius 2 is 1.44 bits per heavy atom. The minimum absolute atomic E-state index is 0.223. The number of rotatable bonds is 5. The molecule has 0 aliphatic rings. The zero-order valence-electron chi connectivity index (χ0n) is 20.0. The third-order valence-electron chi connectivity index (χ3n) is 6.60. The summed E-state index contributed by atoms with van der Waals surface area (Å²) in [5, 5.41) is 10.4. The second kappa shape index (κ2) is 9.16. The van der Waals surface area contributed by atoms with Crippen molar-refractivity contribution in [3.8, 4) is 39.5 Å². The summed E-state index contributed by atoms with van der Waals surface area (Å²) in [4.78, 5) is 9.64. The number of hydrogen-bond acceptors (Lipinski definition) is 3. The van der Waals surface area contributed by atoms with Crippen molar-refractivity contribution >= 4 is 11.0 Å². The summed E-state index contributed by atoms with van der Waals surface area (Å²) in [6.45, 7) is 0. The highest BCUT2D eigenvalue weighted by Gasteiger charge is 2.16. The van der Waals surface area contributed by atoms with Crippen LogP contribution in [0.4, 0.5) is 0 Å². The van der Waals surface area contributed by atoms with Crippen molar-refractivity contribution in [2.45, 2.75) is 6.42 Å². The van der Waals surface area contributed by atoms with Crippen LogP contribution in [0.2, 0.25) is 0 Å². The summed E-state index contributed by atoms with van der Waals surface area (Å²) in [5.74, 6) is 0.961. The van der Waals surface area contributed by atoms with Gasteiger partial charge in [-0.05, 0) is 59.5 Å². The number of imidazole rings is 1. The molecule has 0 saturated heterocycles. The fourth-order valence-electron chi connectivity index (χ4n) is 4.77. The fourth-order valence-corrected chi connectivity index (χ4v) is 4.77. The molecule has 6 rings (SSSR count). The molecule has 0 saturated carbocycles. The predicted molar refractivity (Wildman–Crippen MR) is 146 cm³/mol. The number of aryl methyl sites for hydroxylation is 1. The molecule has 2 aromatic heterocycles. The van der Waals surface area contributed by atoms with Gasteiger partial charge in [0.15, 0.2) is 0 Å². The third-order valence-corrected chi connectivity index (χ3v) is 6.60. The van der Waals surface area contributed by atoms with Crippen LogP contribution >= 0.6 is 0 Å². The first-order valence-corrected chi connectivity index (χ1v) is 12.0. The monoisotopic (exact) mass is 467 g/mol. The van der Waals surface area contributed by atoms with Crippen molar-refractivity contribution in [3.05, 3.63) is 127 Å². The van der Waals surface area contributed by atoms with Crippen LogP contribution in [0.25, 0.3) is 44.8 Å². The Morgan fingerprint density at radius 3 is 2.31 bits per heavy atom. The minimum atomic E-state index is 0.223. The Hall–Kier alpha value is -4.70. The van der Waals surface area contributed by atoms with Gasteiger partial charge in [0, 0.05) is 24.4 Å². The van der Waals surface area contributed by atoms with Gasteiger partial charge >= 0.3 is 0 Å². The largest absolute Gasteiger partial charge is 0.507 e. The van der Waals surface area contributed by atoms with Crippen molar-refractivity contribution < 1.29 is 5.11 Å². The van der Waals surface area contributed by atoms with Gasteiger partial charge in [0.05, 0.1) is 22.3 Å². The van der Waals surface area contributed by atoms with Gasteiger partial charge < -0.3 is 9.67 Å². The van der Waals surface area contributed by atoms with Crippen LogP contribution in [0.3, 0.4) is 0 Å². The molecule has 4 nitrogen and oxygen atoms in total. The molecule has 174 valence electrons. The highest BCUT2D eigenvalue weighted by molar-refractivity contribution is 5.95. The van der Waals surface area contributed by atoms with E-state index < -0.39 is 0 Å². The first-order valence-electron chi connectivity index (χ1n) is 12.0. The van der Waals surface area contributed by atoms with Gasteiger partial charge in [0.2, 0.25) is 0 Å². The van der Waals surface area contributed by atoms with E-state index in [-0.39, 0.29) is 5.75 Å². The van der Waals surface area contributed by atoms with E-state index in [1.165, 1.54) is 11.1 Å². The van der Waals surface area contributed by atoms with Gasteiger partial charge in [0.25, 0.3) is 0 Å². The summed E-state index contributed by atoms with van der Waals surface area (Å²) in [5.41, 5.74) is 9.30. The number of phenols is 1. The van der Waals surface area contributed by atoms with Crippen LogP contribution in [0.5, 0.6) is 5.75 Å². The lowest BCUT2D eigenvalue weighted by Crippen LogP contribution is -1.92. The van der Waals surface area contributed by atoms with Gasteiger partial charge in [-0.25, -0.2) is 4.98 Å². The molecule has 4 aromatic carbocycles. The van der Waals surface area contributed by atoms with Gasteiger partial charge in [-0.15, -0.1) is 0 Å². The first kappa shape index (κ1) is 21.8. The van der Waals surface area contributed by atoms with Crippen molar-refractivity contribution in [1.82, 2.24) is 14.5 Å². The normalized spacial score (nSPS) is 11.1. The molecule has 4 heteroatoms. The summed E-state index contributed by atoms with van der Waals surface area (Å²) >= 11 is 0. The molecule has 0 spiro atoms. The van der Waals surface area contributed by atoms with Gasteiger partial charge in [0.1, 0.15) is 11.6 Å². The summed E-state index contributed by atoms with van der Waals surface area (Å²) in [6.07, 6.45) is 2.76. The number of para-hydroxylation sites is 2. The zero-order chi connectivity index (χ0) is 24.5. The topological polar surface area (TPSA) is 50.9 Å². The molecule has 1 N–H and O–H groups in total. The highest BCUT2D eigenvalue weighted by Crippen LogP contribution is 2.35. The average Bonchev–Trinajstić information content (AvgIpc) is 3.26. The number of benzene rings is 4. The molecule has 0 unspecified atom stereocenters. The minimum Gasteiger partial charge on any atom is -0.507 e. The average molecular weight is 468 g/mol. The molecule has 0 aliphatic carbocycles. The van der Waals surface area contributed by atoms with E-state index in [4.69, 9.17) is 4.98 Å². The standard InChI is InChI=1S/C32H25N3O/c1-35-29-15-8-14-26(31(29)34-32(35)27-13-5-6-16-30(27)36)24-11-7-12-25(21-24)28-20-23(17-18-33-28)19-22-9-3-2-4-10-22/h2-18,20-21,36H,19H2,1H3. The number of fused-ring (bicyclic) bond motifs is 1. The molecule has 0 fully saturated rings. The lowest BCUT2D eigenvalue weighted by molar-refractivity contribution is 0.476. The summed E-state index contributed by atoms with van der Waals surface area (Å²) in [7, 11) is 1.99. The highest BCUT2D eigenvalue weighted by atomic mass is 16.3. The maximum Gasteiger partial charge on any atom is 0.144 e. The Balaban J connectivity index is 1.40. The summed E-state index contributed by atoms with van der Waals surface area (Å²) in [6, 6.07) is 36.7. The van der Waals surface area contributed by atoms with Crippen LogP contribution in [0.1, 0.15) is 11.1 Å². The fraction of sp³-hybridized carbons (Fsp3) is 0.0625. The Bertz CT molecular complexity index is 1690. The predicted octanol–water partition coefficient (Wildman–Crippen LogP) is 7.27. The number of hydrogen-bond donors (Lipinski definition) is 1. The Labute approximate surface area is 210 Å². The molecule has 2 heterocycles. The van der Waals surface area contributed by atoms with E-state index in [1.54, 1.807) is 6.07 Å². The SMILES string of the molecule is Cn1c(-c2ccccc2O)nc2c(-c3cccc(-c4cc(Cc5ccccc5)ccn4)c3)cccc21. The number of aromatic hydroxyl groups is 1. The van der Waals surface area contributed by atoms with Gasteiger partial charge in [-0.3, -0.25) is 4.98 Å². The third kappa shape index (κ3) is 4.03. The summed E-state index contributed by atoms with van der Waals surface area (Å²) < 4.78 is 2.03. The van der Waals surface area contributed by atoms with Crippen LogP contribution in [0.15, 0.2) is 115 Å². The molecule has 0 bridgehead atoms. The van der Waals surface area contributed by atoms with E-state index in [1.807, 2.05) is 42.1 Å². The molecular formula is C32H25N3O. The molecule has 0 amide bonds. The number of nitrogens with zero attached hydrogens (tertiary/aromatic N) is 3. The maximum atomic E-state index is 10.4. The number of phenolic OH excluding ortho intramolecular Hbond substituents is 1. The lowest BCUT2D eigenvalue weighted by atomic mass is 9.99. The van der Waals surface area contributed by atoms with E-state index in [9.17, 15) is 5.11 Å². The number of pyridine rings is 1. The van der Waals surface area contributed by atoms with Gasteiger partial charge in [-0.2, -0.15) is 0 Å². The Kier molecular flexibility index (Phi) is 5.55. The quantitative estimate of drug-likeness (QED) is 0.290. The van der Waals surface area contributed by atoms with Crippen LogP contribution in [-0.2, 0) is 13.5 Å². The van der Waals surface area contributed by atoms with Crippen molar-refractivity contribution in [2.24, 2.45) is 7.05 Å². The van der Waals surface area contributed by atoms with Crippen LogP contribution in [0, 0.1) is 0 Å².